The van der Waals surface area contributed by atoms with Gasteiger partial charge >= 0.3 is 0 Å². The van der Waals surface area contributed by atoms with E-state index in [-0.39, 0.29) is 0 Å². The van der Waals surface area contributed by atoms with E-state index in [2.05, 4.69) is 50.3 Å². The van der Waals surface area contributed by atoms with Gasteiger partial charge in [-0.3, -0.25) is 4.40 Å². The van der Waals surface area contributed by atoms with E-state index >= 15 is 0 Å². The van der Waals surface area contributed by atoms with E-state index in [1.807, 2.05) is 0 Å². The molecule has 0 amide bonds. The third kappa shape index (κ3) is 1.56. The van der Waals surface area contributed by atoms with Gasteiger partial charge in [-0.25, -0.2) is 9.97 Å². The lowest BCUT2D eigenvalue weighted by Gasteiger charge is -2.28. The number of aromatic nitrogens is 3. The van der Waals surface area contributed by atoms with Crippen molar-refractivity contribution in [3.05, 3.63) is 28.3 Å². The molecule has 0 aliphatic heterocycles. The standard InChI is InChI=1S/C12H14BrN3/c1-12(2)4-3-9-10(5-12)16-7-8(13)6-14-11(16)15-9/h6-7H,3-5H2,1-2H3. The minimum absolute atomic E-state index is 0.380. The van der Waals surface area contributed by atoms with Crippen LogP contribution in [-0.2, 0) is 12.8 Å². The highest BCUT2D eigenvalue weighted by atomic mass is 79.9. The molecule has 2 heterocycles. The predicted molar refractivity (Wildman–Crippen MR) is 66.5 cm³/mol. The van der Waals surface area contributed by atoms with Gasteiger partial charge in [0.25, 0.3) is 0 Å². The molecule has 2 aromatic rings. The molecule has 0 atom stereocenters. The molecule has 0 radical (unpaired) electrons. The van der Waals surface area contributed by atoms with E-state index < -0.39 is 0 Å². The second-order valence-electron chi connectivity index (χ2n) is 5.29. The average Bonchev–Trinajstić information content (AvgIpc) is 2.55. The number of imidazole rings is 1. The molecule has 16 heavy (non-hydrogen) atoms. The van der Waals surface area contributed by atoms with Crippen molar-refractivity contribution in [1.82, 2.24) is 14.4 Å². The highest BCUT2D eigenvalue weighted by Gasteiger charge is 2.28. The molecule has 2 aromatic heterocycles. The van der Waals surface area contributed by atoms with Gasteiger partial charge in [0.15, 0.2) is 0 Å². The largest absolute Gasteiger partial charge is 0.287 e. The van der Waals surface area contributed by atoms with Crippen LogP contribution in [0.5, 0.6) is 0 Å². The predicted octanol–water partition coefficient (Wildman–Crippen LogP) is 3.01. The SMILES string of the molecule is CC1(C)CCc2nc3ncc(Br)cn3c2C1. The Kier molecular flexibility index (Phi) is 2.11. The molecule has 0 N–H and O–H groups in total. The summed E-state index contributed by atoms with van der Waals surface area (Å²) in [4.78, 5) is 8.93. The van der Waals surface area contributed by atoms with Gasteiger partial charge in [0.1, 0.15) is 0 Å². The zero-order chi connectivity index (χ0) is 11.3. The highest BCUT2D eigenvalue weighted by molar-refractivity contribution is 9.10. The van der Waals surface area contributed by atoms with E-state index in [1.54, 1.807) is 6.20 Å². The van der Waals surface area contributed by atoms with E-state index in [1.165, 1.54) is 17.8 Å². The van der Waals surface area contributed by atoms with Gasteiger partial charge < -0.3 is 0 Å². The van der Waals surface area contributed by atoms with Gasteiger partial charge in [-0.05, 0) is 40.6 Å². The van der Waals surface area contributed by atoms with E-state index in [0.717, 1.165) is 23.1 Å². The molecule has 1 aliphatic carbocycles. The summed E-state index contributed by atoms with van der Waals surface area (Å²) in [6, 6.07) is 0. The van der Waals surface area contributed by atoms with Crippen molar-refractivity contribution in [2.45, 2.75) is 33.1 Å². The van der Waals surface area contributed by atoms with Crippen LogP contribution in [0, 0.1) is 5.41 Å². The summed E-state index contributed by atoms with van der Waals surface area (Å²) in [5, 5.41) is 0. The molecule has 84 valence electrons. The molecule has 3 rings (SSSR count). The zero-order valence-electron chi connectivity index (χ0n) is 9.50. The Morgan fingerprint density at radius 2 is 2.25 bits per heavy atom. The maximum Gasteiger partial charge on any atom is 0.234 e. The fourth-order valence-electron chi connectivity index (χ4n) is 2.39. The Hall–Kier alpha value is -0.900. The Balaban J connectivity index is 2.23. The van der Waals surface area contributed by atoms with Crippen LogP contribution in [0.2, 0.25) is 0 Å². The van der Waals surface area contributed by atoms with Crippen LogP contribution in [-0.4, -0.2) is 14.4 Å². The first-order valence-electron chi connectivity index (χ1n) is 5.56. The number of fused-ring (bicyclic) bond motifs is 3. The van der Waals surface area contributed by atoms with E-state index in [4.69, 9.17) is 0 Å². The first kappa shape index (κ1) is 10.3. The minimum atomic E-state index is 0.380. The number of nitrogens with zero attached hydrogens (tertiary/aromatic N) is 3. The van der Waals surface area contributed by atoms with Crippen LogP contribution in [0.1, 0.15) is 31.7 Å². The molecule has 3 nitrogen and oxygen atoms in total. The molecule has 0 unspecified atom stereocenters. The third-order valence-corrected chi connectivity index (χ3v) is 3.72. The number of halogens is 1. The molecule has 0 saturated heterocycles. The normalized spacial score (nSPS) is 18.7. The molecular formula is C12H14BrN3. The summed E-state index contributed by atoms with van der Waals surface area (Å²) < 4.78 is 3.13. The van der Waals surface area contributed by atoms with Crippen molar-refractivity contribution in [1.29, 1.82) is 0 Å². The van der Waals surface area contributed by atoms with E-state index in [9.17, 15) is 0 Å². The quantitative estimate of drug-likeness (QED) is 0.742. The number of rotatable bonds is 0. The van der Waals surface area contributed by atoms with Crippen LogP contribution in [0.25, 0.3) is 5.78 Å². The van der Waals surface area contributed by atoms with Crippen LogP contribution < -0.4 is 0 Å². The van der Waals surface area contributed by atoms with Gasteiger partial charge in [0.2, 0.25) is 5.78 Å². The molecule has 1 aliphatic rings. The van der Waals surface area contributed by atoms with Crippen molar-refractivity contribution >= 4 is 21.7 Å². The van der Waals surface area contributed by atoms with Crippen LogP contribution in [0.3, 0.4) is 0 Å². The summed E-state index contributed by atoms with van der Waals surface area (Å²) in [6.45, 7) is 4.64. The van der Waals surface area contributed by atoms with Gasteiger partial charge in [0, 0.05) is 18.1 Å². The maximum atomic E-state index is 4.59. The fraction of sp³-hybridized carbons (Fsp3) is 0.500. The molecule has 0 spiro atoms. The second-order valence-corrected chi connectivity index (χ2v) is 6.20. The fourth-order valence-corrected chi connectivity index (χ4v) is 2.69. The number of hydrogen-bond donors (Lipinski definition) is 0. The van der Waals surface area contributed by atoms with Crippen LogP contribution in [0.15, 0.2) is 16.9 Å². The maximum absolute atomic E-state index is 4.59. The second kappa shape index (κ2) is 3.29. The topological polar surface area (TPSA) is 30.2 Å². The third-order valence-electron chi connectivity index (χ3n) is 3.31. The van der Waals surface area contributed by atoms with Gasteiger partial charge in [-0.15, -0.1) is 0 Å². The molecule has 4 heteroatoms. The zero-order valence-corrected chi connectivity index (χ0v) is 11.1. The minimum Gasteiger partial charge on any atom is -0.287 e. The Morgan fingerprint density at radius 3 is 3.06 bits per heavy atom. The Bertz CT molecular complexity index is 557. The summed E-state index contributed by atoms with van der Waals surface area (Å²) in [5.41, 5.74) is 2.94. The smallest absolute Gasteiger partial charge is 0.234 e. The highest BCUT2D eigenvalue weighted by Crippen LogP contribution is 2.34. The molecule has 0 bridgehead atoms. The number of aryl methyl sites for hydroxylation is 1. The van der Waals surface area contributed by atoms with Gasteiger partial charge in [-0.2, -0.15) is 0 Å². The van der Waals surface area contributed by atoms with Crippen LogP contribution >= 0.6 is 15.9 Å². The monoisotopic (exact) mass is 279 g/mol. The first-order chi connectivity index (χ1) is 7.55. The molecular weight excluding hydrogens is 266 g/mol. The molecule has 0 aromatic carbocycles. The summed E-state index contributed by atoms with van der Waals surface area (Å²) in [5.74, 6) is 0.825. The lowest BCUT2D eigenvalue weighted by molar-refractivity contribution is 0.309. The molecule has 0 fully saturated rings. The van der Waals surface area contributed by atoms with Gasteiger partial charge in [0.05, 0.1) is 10.2 Å². The van der Waals surface area contributed by atoms with Crippen molar-refractivity contribution in [2.75, 3.05) is 0 Å². The summed E-state index contributed by atoms with van der Waals surface area (Å²) >= 11 is 3.46. The van der Waals surface area contributed by atoms with Crippen molar-refractivity contribution < 1.29 is 0 Å². The van der Waals surface area contributed by atoms with Crippen molar-refractivity contribution in [3.63, 3.8) is 0 Å². The van der Waals surface area contributed by atoms with Crippen molar-refractivity contribution in [2.24, 2.45) is 5.41 Å². The van der Waals surface area contributed by atoms with Crippen LogP contribution in [0.4, 0.5) is 0 Å². The lowest BCUT2D eigenvalue weighted by Crippen LogP contribution is -2.22. The molecule has 0 saturated carbocycles. The summed E-state index contributed by atoms with van der Waals surface area (Å²) in [6.07, 6.45) is 7.24. The van der Waals surface area contributed by atoms with E-state index in [0.29, 0.717) is 5.41 Å². The Labute approximate surface area is 103 Å². The summed E-state index contributed by atoms with van der Waals surface area (Å²) in [7, 11) is 0. The van der Waals surface area contributed by atoms with Crippen molar-refractivity contribution in [3.8, 4) is 0 Å². The Morgan fingerprint density at radius 1 is 1.44 bits per heavy atom. The van der Waals surface area contributed by atoms with Gasteiger partial charge in [-0.1, -0.05) is 13.8 Å². The first-order valence-corrected chi connectivity index (χ1v) is 6.36. The average molecular weight is 280 g/mol. The number of hydrogen-bond acceptors (Lipinski definition) is 2. The lowest BCUT2D eigenvalue weighted by atomic mass is 9.78.